The minimum absolute atomic E-state index is 0.131. The van der Waals surface area contributed by atoms with Gasteiger partial charge in [0.25, 0.3) is 5.91 Å². The van der Waals surface area contributed by atoms with Crippen molar-refractivity contribution in [2.75, 3.05) is 24.3 Å². The maximum Gasteiger partial charge on any atom is 0.251 e. The van der Waals surface area contributed by atoms with Gasteiger partial charge in [-0.1, -0.05) is 0 Å². The van der Waals surface area contributed by atoms with Gasteiger partial charge < -0.3 is 15.5 Å². The van der Waals surface area contributed by atoms with Gasteiger partial charge in [0.1, 0.15) is 11.6 Å². The van der Waals surface area contributed by atoms with Gasteiger partial charge in [0.15, 0.2) is 0 Å². The average molecular weight is 385 g/mol. The fourth-order valence-corrected chi connectivity index (χ4v) is 3.46. The second kappa shape index (κ2) is 8.54. The van der Waals surface area contributed by atoms with Crippen molar-refractivity contribution in [3.63, 3.8) is 0 Å². The topological polar surface area (TPSA) is 70.2 Å². The van der Waals surface area contributed by atoms with Gasteiger partial charge in [-0.25, -0.2) is 9.37 Å². The predicted octanol–water partition coefficient (Wildman–Crippen LogP) is 3.45. The van der Waals surface area contributed by atoms with Crippen LogP contribution in [0.15, 0.2) is 24.3 Å². The Morgan fingerprint density at radius 3 is 2.39 bits per heavy atom. The lowest BCUT2D eigenvalue weighted by atomic mass is 9.91. The number of aromatic nitrogens is 2. The van der Waals surface area contributed by atoms with Crippen LogP contribution in [0.25, 0.3) is 0 Å². The van der Waals surface area contributed by atoms with Crippen LogP contribution in [0.1, 0.15) is 47.3 Å². The van der Waals surface area contributed by atoms with E-state index in [0.717, 1.165) is 37.2 Å². The lowest BCUT2D eigenvalue weighted by Gasteiger charge is -2.30. The number of rotatable bonds is 5. The van der Waals surface area contributed by atoms with Crippen molar-refractivity contribution in [3.05, 3.63) is 46.9 Å². The second-order valence-corrected chi connectivity index (χ2v) is 7.72. The van der Waals surface area contributed by atoms with E-state index < -0.39 is 0 Å². The summed E-state index contributed by atoms with van der Waals surface area (Å²) in [7, 11) is 3.92. The zero-order chi connectivity index (χ0) is 20.3. The van der Waals surface area contributed by atoms with E-state index >= 15 is 0 Å². The van der Waals surface area contributed by atoms with Crippen molar-refractivity contribution in [3.8, 4) is 0 Å². The van der Waals surface area contributed by atoms with Gasteiger partial charge in [-0.3, -0.25) is 4.79 Å². The summed E-state index contributed by atoms with van der Waals surface area (Å²) in [6.45, 7) is 3.63. The number of halogens is 1. The number of nitrogens with one attached hydrogen (secondary N) is 2. The number of hydrogen-bond donors (Lipinski definition) is 2. The lowest BCUT2D eigenvalue weighted by Crippen LogP contribution is -2.40. The molecule has 1 aliphatic carbocycles. The molecule has 0 unspecified atom stereocenters. The van der Waals surface area contributed by atoms with Crippen molar-refractivity contribution >= 4 is 17.7 Å². The van der Waals surface area contributed by atoms with E-state index in [2.05, 4.69) is 20.6 Å². The maximum absolute atomic E-state index is 13.4. The zero-order valence-corrected chi connectivity index (χ0v) is 16.9. The third-order valence-electron chi connectivity index (χ3n) is 5.11. The molecule has 1 aliphatic rings. The summed E-state index contributed by atoms with van der Waals surface area (Å²) < 4.78 is 13.4. The van der Waals surface area contributed by atoms with E-state index in [1.165, 1.54) is 12.1 Å². The summed E-state index contributed by atoms with van der Waals surface area (Å²) in [4.78, 5) is 23.4. The Labute approximate surface area is 165 Å². The summed E-state index contributed by atoms with van der Waals surface area (Å²) in [5.74, 6) is 1.10. The van der Waals surface area contributed by atoms with Crippen LogP contribution in [0.5, 0.6) is 0 Å². The molecule has 1 heterocycles. The predicted molar refractivity (Wildman–Crippen MR) is 109 cm³/mol. The Morgan fingerprint density at radius 2 is 1.75 bits per heavy atom. The first-order chi connectivity index (χ1) is 13.3. The number of carbonyl (C=O) groups excluding carboxylic acids is 1. The van der Waals surface area contributed by atoms with Crippen molar-refractivity contribution < 1.29 is 9.18 Å². The number of carbonyl (C=O) groups is 1. The van der Waals surface area contributed by atoms with Crippen LogP contribution in [0.2, 0.25) is 0 Å². The lowest BCUT2D eigenvalue weighted by molar-refractivity contribution is 0.0926. The maximum atomic E-state index is 13.4. The summed E-state index contributed by atoms with van der Waals surface area (Å²) in [6, 6.07) is 6.84. The van der Waals surface area contributed by atoms with E-state index in [1.807, 2.05) is 32.0 Å². The largest absolute Gasteiger partial charge is 0.363 e. The molecular weight excluding hydrogens is 357 g/mol. The van der Waals surface area contributed by atoms with Crippen LogP contribution in [0, 0.1) is 19.7 Å². The zero-order valence-electron chi connectivity index (χ0n) is 16.9. The fraction of sp³-hybridized carbons (Fsp3) is 0.476. The minimum atomic E-state index is -0.293. The Balaban J connectivity index is 1.53. The Kier molecular flexibility index (Phi) is 6.11. The highest BCUT2D eigenvalue weighted by Gasteiger charge is 2.23. The third-order valence-corrected chi connectivity index (χ3v) is 5.11. The molecule has 1 aromatic heterocycles. The van der Waals surface area contributed by atoms with E-state index in [0.29, 0.717) is 17.1 Å². The van der Waals surface area contributed by atoms with Crippen molar-refractivity contribution in [1.29, 1.82) is 0 Å². The Bertz CT molecular complexity index is 847. The molecule has 0 atom stereocenters. The summed E-state index contributed by atoms with van der Waals surface area (Å²) in [6.07, 6.45) is 3.63. The van der Waals surface area contributed by atoms with Gasteiger partial charge in [-0.05, 0) is 63.3 Å². The van der Waals surface area contributed by atoms with Crippen molar-refractivity contribution in [1.82, 2.24) is 15.3 Å². The number of anilines is 2. The molecule has 0 radical (unpaired) electrons. The van der Waals surface area contributed by atoms with E-state index in [4.69, 9.17) is 0 Å². The Morgan fingerprint density at radius 1 is 1.07 bits per heavy atom. The molecule has 1 saturated carbocycles. The average Bonchev–Trinajstić information content (AvgIpc) is 2.65. The third kappa shape index (κ3) is 4.97. The number of benzene rings is 1. The number of aryl methyl sites for hydroxylation is 2. The molecule has 150 valence electrons. The minimum Gasteiger partial charge on any atom is -0.363 e. The van der Waals surface area contributed by atoms with Crippen LogP contribution in [-0.2, 0) is 0 Å². The molecular formula is C21H28FN5O. The van der Waals surface area contributed by atoms with Gasteiger partial charge in [0, 0.05) is 43.5 Å². The Hall–Kier alpha value is -2.70. The van der Waals surface area contributed by atoms with E-state index in [9.17, 15) is 9.18 Å². The number of amides is 1. The van der Waals surface area contributed by atoms with Crippen LogP contribution in [-0.4, -0.2) is 42.1 Å². The molecule has 0 bridgehead atoms. The molecule has 1 aromatic carbocycles. The van der Waals surface area contributed by atoms with E-state index in [1.54, 1.807) is 13.0 Å². The molecule has 2 aromatic rings. The molecule has 28 heavy (non-hydrogen) atoms. The van der Waals surface area contributed by atoms with Gasteiger partial charge in [0.05, 0.1) is 0 Å². The quantitative estimate of drug-likeness (QED) is 0.825. The van der Waals surface area contributed by atoms with E-state index in [-0.39, 0.29) is 23.8 Å². The van der Waals surface area contributed by atoms with Crippen molar-refractivity contribution in [2.45, 2.75) is 51.6 Å². The molecule has 0 spiro atoms. The molecule has 0 saturated heterocycles. The normalized spacial score (nSPS) is 19.2. The molecule has 1 amide bonds. The van der Waals surface area contributed by atoms with Crippen LogP contribution in [0.4, 0.5) is 16.2 Å². The summed E-state index contributed by atoms with van der Waals surface area (Å²) >= 11 is 0. The first-order valence-corrected chi connectivity index (χ1v) is 9.68. The summed E-state index contributed by atoms with van der Waals surface area (Å²) in [5, 5.41) is 6.51. The van der Waals surface area contributed by atoms with Gasteiger partial charge in [-0.2, -0.15) is 4.98 Å². The monoisotopic (exact) mass is 385 g/mol. The van der Waals surface area contributed by atoms with Gasteiger partial charge in [0.2, 0.25) is 5.95 Å². The number of nitrogens with zero attached hydrogens (tertiary/aromatic N) is 3. The van der Waals surface area contributed by atoms with Crippen LogP contribution in [0.3, 0.4) is 0 Å². The molecule has 6 nitrogen and oxygen atoms in total. The van der Waals surface area contributed by atoms with Crippen LogP contribution >= 0.6 is 0 Å². The SMILES string of the molecule is Cc1cc(N(C)C)nc(NC2CCC(NC(=O)c3ccc(F)c(C)c3)CC2)n1. The molecule has 3 rings (SSSR count). The number of hydrogen-bond acceptors (Lipinski definition) is 5. The molecule has 2 N–H and O–H groups in total. The van der Waals surface area contributed by atoms with Crippen LogP contribution < -0.4 is 15.5 Å². The van der Waals surface area contributed by atoms with Crippen molar-refractivity contribution in [2.24, 2.45) is 0 Å². The first kappa shape index (κ1) is 20.0. The fourth-order valence-electron chi connectivity index (χ4n) is 3.46. The molecule has 7 heteroatoms. The molecule has 1 fully saturated rings. The first-order valence-electron chi connectivity index (χ1n) is 9.68. The smallest absolute Gasteiger partial charge is 0.251 e. The summed E-state index contributed by atoms with van der Waals surface area (Å²) in [5.41, 5.74) is 1.91. The highest BCUT2D eigenvalue weighted by atomic mass is 19.1. The highest BCUT2D eigenvalue weighted by Crippen LogP contribution is 2.23. The standard InChI is InChI=1S/C21H28FN5O/c1-13-11-15(5-10-18(13)22)20(28)24-16-6-8-17(9-7-16)25-21-23-14(2)12-19(26-21)27(3)4/h5,10-12,16-17H,6-9H2,1-4H3,(H,24,28)(H,23,25,26). The highest BCUT2D eigenvalue weighted by molar-refractivity contribution is 5.94. The molecule has 0 aliphatic heterocycles. The van der Waals surface area contributed by atoms with Gasteiger partial charge in [-0.15, -0.1) is 0 Å². The second-order valence-electron chi connectivity index (χ2n) is 7.72. The van der Waals surface area contributed by atoms with Gasteiger partial charge >= 0.3 is 0 Å².